The minimum Gasteiger partial charge on any atom is -0.480 e. The van der Waals surface area contributed by atoms with Crippen LogP contribution < -0.4 is 0 Å². The lowest BCUT2D eigenvalue weighted by atomic mass is 10.0. The first-order valence-corrected chi connectivity index (χ1v) is 7.65. The van der Waals surface area contributed by atoms with Crippen molar-refractivity contribution in [2.45, 2.75) is 46.2 Å². The Hall–Kier alpha value is -2.04. The molecule has 0 heterocycles. The zero-order chi connectivity index (χ0) is 16.5. The molecule has 122 valence electrons. The van der Waals surface area contributed by atoms with Crippen molar-refractivity contribution in [3.63, 3.8) is 0 Å². The van der Waals surface area contributed by atoms with Crippen molar-refractivity contribution in [1.82, 2.24) is 4.90 Å². The van der Waals surface area contributed by atoms with Crippen LogP contribution in [0.1, 0.15) is 39.2 Å². The third kappa shape index (κ3) is 5.76. The van der Waals surface area contributed by atoms with Crippen molar-refractivity contribution < 1.29 is 19.4 Å². The Labute approximate surface area is 131 Å². The average Bonchev–Trinajstić information content (AvgIpc) is 2.47. The number of carboxylic acid groups (broad SMARTS) is 1. The van der Waals surface area contributed by atoms with Crippen LogP contribution in [0, 0.1) is 5.92 Å². The lowest BCUT2D eigenvalue weighted by molar-refractivity contribution is -0.143. The molecule has 5 heteroatoms. The van der Waals surface area contributed by atoms with E-state index in [4.69, 9.17) is 4.74 Å². The zero-order valence-electron chi connectivity index (χ0n) is 13.5. The lowest BCUT2D eigenvalue weighted by Crippen LogP contribution is -2.45. The molecule has 1 rings (SSSR count). The van der Waals surface area contributed by atoms with Crippen LogP contribution in [0.25, 0.3) is 0 Å². The molecule has 1 unspecified atom stereocenters. The van der Waals surface area contributed by atoms with E-state index in [0.29, 0.717) is 12.3 Å². The number of rotatable bonds is 8. The van der Waals surface area contributed by atoms with Crippen LogP contribution in [0.5, 0.6) is 0 Å². The highest BCUT2D eigenvalue weighted by atomic mass is 16.6. The quantitative estimate of drug-likeness (QED) is 0.797. The number of hydrogen-bond donors (Lipinski definition) is 1. The van der Waals surface area contributed by atoms with Gasteiger partial charge in [0, 0.05) is 6.54 Å². The molecule has 1 amide bonds. The molecule has 5 nitrogen and oxygen atoms in total. The van der Waals surface area contributed by atoms with E-state index in [2.05, 4.69) is 0 Å². The summed E-state index contributed by atoms with van der Waals surface area (Å²) in [4.78, 5) is 25.1. The number of amides is 1. The molecule has 0 radical (unpaired) electrons. The van der Waals surface area contributed by atoms with Crippen molar-refractivity contribution in [1.29, 1.82) is 0 Å². The van der Waals surface area contributed by atoms with Gasteiger partial charge in [-0.3, -0.25) is 4.90 Å². The van der Waals surface area contributed by atoms with Gasteiger partial charge in [-0.25, -0.2) is 9.59 Å². The summed E-state index contributed by atoms with van der Waals surface area (Å²) >= 11 is 0. The summed E-state index contributed by atoms with van der Waals surface area (Å²) in [6, 6.07) is 8.47. The second-order valence-corrected chi connectivity index (χ2v) is 5.64. The first-order chi connectivity index (χ1) is 10.5. The van der Waals surface area contributed by atoms with Gasteiger partial charge in [0.25, 0.3) is 0 Å². The molecule has 0 aliphatic heterocycles. The summed E-state index contributed by atoms with van der Waals surface area (Å²) in [7, 11) is 0. The Morgan fingerprint density at radius 3 is 2.32 bits per heavy atom. The Morgan fingerprint density at radius 2 is 1.82 bits per heavy atom. The summed E-state index contributed by atoms with van der Waals surface area (Å²) in [6.07, 6.45) is 0.572. The molecule has 0 spiro atoms. The predicted molar refractivity (Wildman–Crippen MR) is 84.5 cm³/mol. The van der Waals surface area contributed by atoms with E-state index in [0.717, 1.165) is 12.0 Å². The van der Waals surface area contributed by atoms with Crippen molar-refractivity contribution in [2.24, 2.45) is 5.92 Å². The van der Waals surface area contributed by atoms with Gasteiger partial charge in [-0.2, -0.15) is 0 Å². The molecule has 0 aromatic heterocycles. The number of carbonyl (C=O) groups is 2. The van der Waals surface area contributed by atoms with Crippen LogP contribution >= 0.6 is 0 Å². The molecule has 1 N–H and O–H groups in total. The van der Waals surface area contributed by atoms with Gasteiger partial charge in [0.1, 0.15) is 6.04 Å². The highest BCUT2D eigenvalue weighted by molar-refractivity contribution is 5.80. The first kappa shape index (κ1) is 18.0. The summed E-state index contributed by atoms with van der Waals surface area (Å²) in [5.41, 5.74) is 0.881. The monoisotopic (exact) mass is 307 g/mol. The van der Waals surface area contributed by atoms with Crippen LogP contribution in [-0.2, 0) is 16.1 Å². The second-order valence-electron chi connectivity index (χ2n) is 5.64. The normalized spacial score (nSPS) is 12.0. The Bertz CT molecular complexity index is 473. The van der Waals surface area contributed by atoms with E-state index in [1.165, 1.54) is 4.90 Å². The SMILES string of the molecule is CCOC(=O)N(Cc1ccccc1)C(CCC(C)C)C(=O)O. The van der Waals surface area contributed by atoms with Crippen LogP contribution in [-0.4, -0.2) is 34.7 Å². The fourth-order valence-corrected chi connectivity index (χ4v) is 2.19. The molecule has 0 aliphatic carbocycles. The van der Waals surface area contributed by atoms with E-state index in [1.807, 2.05) is 44.2 Å². The lowest BCUT2D eigenvalue weighted by Gasteiger charge is -2.28. The number of carboxylic acids is 1. The van der Waals surface area contributed by atoms with Crippen molar-refractivity contribution >= 4 is 12.1 Å². The maximum Gasteiger partial charge on any atom is 0.410 e. The molecular formula is C17H25NO4. The molecule has 0 saturated carbocycles. The highest BCUT2D eigenvalue weighted by Crippen LogP contribution is 2.17. The number of hydrogen-bond acceptors (Lipinski definition) is 3. The largest absolute Gasteiger partial charge is 0.480 e. The molecule has 1 atom stereocenters. The first-order valence-electron chi connectivity index (χ1n) is 7.65. The zero-order valence-corrected chi connectivity index (χ0v) is 13.5. The van der Waals surface area contributed by atoms with Gasteiger partial charge in [-0.05, 0) is 31.2 Å². The van der Waals surface area contributed by atoms with E-state index >= 15 is 0 Å². The van der Waals surface area contributed by atoms with Gasteiger partial charge >= 0.3 is 12.1 Å². The van der Waals surface area contributed by atoms with Crippen LogP contribution in [0.3, 0.4) is 0 Å². The average molecular weight is 307 g/mol. The van der Waals surface area contributed by atoms with E-state index < -0.39 is 18.1 Å². The fourth-order valence-electron chi connectivity index (χ4n) is 2.19. The Kier molecular flexibility index (Phi) is 7.43. The molecule has 0 saturated heterocycles. The van der Waals surface area contributed by atoms with Gasteiger partial charge in [0.15, 0.2) is 0 Å². The Balaban J connectivity index is 2.94. The van der Waals surface area contributed by atoms with Crippen LogP contribution in [0.15, 0.2) is 30.3 Å². The number of ether oxygens (including phenoxy) is 1. The minimum atomic E-state index is -0.996. The molecule has 0 bridgehead atoms. The third-order valence-corrected chi connectivity index (χ3v) is 3.38. The van der Waals surface area contributed by atoms with E-state index in [9.17, 15) is 14.7 Å². The van der Waals surface area contributed by atoms with Gasteiger partial charge in [0.05, 0.1) is 6.61 Å². The minimum absolute atomic E-state index is 0.223. The fraction of sp³-hybridized carbons (Fsp3) is 0.529. The molecule has 0 fully saturated rings. The van der Waals surface area contributed by atoms with E-state index in [-0.39, 0.29) is 13.2 Å². The van der Waals surface area contributed by atoms with Gasteiger partial charge in [0.2, 0.25) is 0 Å². The Morgan fingerprint density at radius 1 is 1.18 bits per heavy atom. The maximum absolute atomic E-state index is 12.2. The van der Waals surface area contributed by atoms with E-state index in [1.54, 1.807) is 6.92 Å². The third-order valence-electron chi connectivity index (χ3n) is 3.38. The predicted octanol–water partition coefficient (Wildman–Crippen LogP) is 3.53. The molecule has 1 aromatic rings. The molecule has 1 aromatic carbocycles. The molecule has 0 aliphatic rings. The second kappa shape index (κ2) is 9.07. The highest BCUT2D eigenvalue weighted by Gasteiger charge is 2.30. The van der Waals surface area contributed by atoms with Gasteiger partial charge < -0.3 is 9.84 Å². The van der Waals surface area contributed by atoms with Crippen LogP contribution in [0.2, 0.25) is 0 Å². The topological polar surface area (TPSA) is 66.8 Å². The molecule has 22 heavy (non-hydrogen) atoms. The van der Waals surface area contributed by atoms with Crippen LogP contribution in [0.4, 0.5) is 4.79 Å². The number of carbonyl (C=O) groups excluding carboxylic acids is 1. The standard InChI is InChI=1S/C17H25NO4/c1-4-22-17(21)18(12-14-8-6-5-7-9-14)15(16(19)20)11-10-13(2)3/h5-9,13,15H,4,10-12H2,1-3H3,(H,19,20). The van der Waals surface area contributed by atoms with Gasteiger partial charge in [-0.15, -0.1) is 0 Å². The summed E-state index contributed by atoms with van der Waals surface area (Å²) in [6.45, 7) is 6.23. The number of nitrogens with zero attached hydrogens (tertiary/aromatic N) is 1. The summed E-state index contributed by atoms with van der Waals surface area (Å²) in [5, 5.41) is 9.50. The number of benzene rings is 1. The van der Waals surface area contributed by atoms with Gasteiger partial charge in [-0.1, -0.05) is 44.2 Å². The number of aliphatic carboxylic acids is 1. The maximum atomic E-state index is 12.2. The van der Waals surface area contributed by atoms with Crippen molar-refractivity contribution in [2.75, 3.05) is 6.61 Å². The summed E-state index contributed by atoms with van der Waals surface area (Å²) in [5.74, 6) is -0.618. The summed E-state index contributed by atoms with van der Waals surface area (Å²) < 4.78 is 5.04. The van der Waals surface area contributed by atoms with Crippen molar-refractivity contribution in [3.05, 3.63) is 35.9 Å². The van der Waals surface area contributed by atoms with Crippen molar-refractivity contribution in [3.8, 4) is 0 Å². The molecular weight excluding hydrogens is 282 g/mol. The smallest absolute Gasteiger partial charge is 0.410 e.